The van der Waals surface area contributed by atoms with Crippen LogP contribution in [0.4, 0.5) is 10.5 Å². The molecule has 1 aliphatic rings. The summed E-state index contributed by atoms with van der Waals surface area (Å²) < 4.78 is 0.882. The van der Waals surface area contributed by atoms with Gasteiger partial charge in [0.2, 0.25) is 0 Å². The number of nitrogens with zero attached hydrogens (tertiary/aromatic N) is 1. The summed E-state index contributed by atoms with van der Waals surface area (Å²) in [7, 11) is 0. The van der Waals surface area contributed by atoms with Gasteiger partial charge in [-0.15, -0.1) is 0 Å². The second-order valence-corrected chi connectivity index (χ2v) is 6.32. The van der Waals surface area contributed by atoms with Crippen molar-refractivity contribution in [2.24, 2.45) is 5.41 Å². The third kappa shape index (κ3) is 3.56. The summed E-state index contributed by atoms with van der Waals surface area (Å²) in [5.41, 5.74) is -0.121. The van der Waals surface area contributed by atoms with Crippen LogP contribution in [-0.4, -0.2) is 35.1 Å². The number of carboxylic acids is 1. The first-order valence-corrected chi connectivity index (χ1v) is 7.81. The SMILES string of the molecule is CCC1(C(=O)O)CCCN(C(=O)Nc2cccc(Br)c2)C1. The Hall–Kier alpha value is -1.56. The first kappa shape index (κ1) is 15.8. The molecule has 2 N–H and O–H groups in total. The first-order chi connectivity index (χ1) is 9.97. The molecule has 1 saturated heterocycles. The van der Waals surface area contributed by atoms with Gasteiger partial charge in [-0.1, -0.05) is 28.9 Å². The molecule has 114 valence electrons. The minimum absolute atomic E-state index is 0.244. The maximum atomic E-state index is 12.3. The summed E-state index contributed by atoms with van der Waals surface area (Å²) in [5.74, 6) is -0.815. The van der Waals surface area contributed by atoms with Crippen LogP contribution in [0.1, 0.15) is 26.2 Å². The number of benzene rings is 1. The number of carbonyl (C=O) groups excluding carboxylic acids is 1. The van der Waals surface area contributed by atoms with Crippen LogP contribution in [-0.2, 0) is 4.79 Å². The van der Waals surface area contributed by atoms with E-state index < -0.39 is 11.4 Å². The third-order valence-electron chi connectivity index (χ3n) is 4.07. The molecule has 21 heavy (non-hydrogen) atoms. The Labute approximate surface area is 132 Å². The molecule has 1 aliphatic heterocycles. The van der Waals surface area contributed by atoms with Crippen LogP contribution in [0.2, 0.25) is 0 Å². The van der Waals surface area contributed by atoms with Crippen LogP contribution in [0.15, 0.2) is 28.7 Å². The number of hydrogen-bond acceptors (Lipinski definition) is 2. The fraction of sp³-hybridized carbons (Fsp3) is 0.467. The summed E-state index contributed by atoms with van der Waals surface area (Å²) >= 11 is 3.35. The van der Waals surface area contributed by atoms with Crippen LogP contribution < -0.4 is 5.32 Å². The summed E-state index contributed by atoms with van der Waals surface area (Å²) in [6, 6.07) is 7.09. The molecular formula is C15H19BrN2O3. The van der Waals surface area contributed by atoms with Gasteiger partial charge in [-0.25, -0.2) is 4.79 Å². The van der Waals surface area contributed by atoms with Gasteiger partial charge in [-0.2, -0.15) is 0 Å². The summed E-state index contributed by atoms with van der Waals surface area (Å²) in [4.78, 5) is 25.4. The van der Waals surface area contributed by atoms with Crippen LogP contribution in [0.3, 0.4) is 0 Å². The Bertz CT molecular complexity index is 549. The van der Waals surface area contributed by atoms with Crippen molar-refractivity contribution in [1.29, 1.82) is 0 Å². The highest BCUT2D eigenvalue weighted by Crippen LogP contribution is 2.34. The Kier molecular flexibility index (Phi) is 4.88. The molecule has 5 nitrogen and oxygen atoms in total. The highest BCUT2D eigenvalue weighted by molar-refractivity contribution is 9.10. The number of rotatable bonds is 3. The highest BCUT2D eigenvalue weighted by Gasteiger charge is 2.42. The van der Waals surface area contributed by atoms with Crippen molar-refractivity contribution in [3.63, 3.8) is 0 Å². The van der Waals surface area contributed by atoms with Crippen LogP contribution in [0, 0.1) is 5.41 Å². The van der Waals surface area contributed by atoms with E-state index in [1.807, 2.05) is 25.1 Å². The quantitative estimate of drug-likeness (QED) is 0.871. The number of halogens is 1. The van der Waals surface area contributed by atoms with Crippen molar-refractivity contribution in [1.82, 2.24) is 4.90 Å². The second kappa shape index (κ2) is 6.47. The summed E-state index contributed by atoms with van der Waals surface area (Å²) in [6.07, 6.45) is 1.87. The lowest BCUT2D eigenvalue weighted by atomic mass is 9.78. The number of piperidine rings is 1. The van der Waals surface area contributed by atoms with Crippen molar-refractivity contribution >= 4 is 33.6 Å². The maximum absolute atomic E-state index is 12.3. The monoisotopic (exact) mass is 354 g/mol. The van der Waals surface area contributed by atoms with Crippen LogP contribution in [0.5, 0.6) is 0 Å². The van der Waals surface area contributed by atoms with Gasteiger partial charge in [-0.05, 0) is 37.5 Å². The van der Waals surface area contributed by atoms with E-state index in [1.54, 1.807) is 11.0 Å². The number of nitrogens with one attached hydrogen (secondary N) is 1. The minimum atomic E-state index is -0.815. The molecule has 1 atom stereocenters. The number of anilines is 1. The zero-order valence-corrected chi connectivity index (χ0v) is 13.5. The molecular weight excluding hydrogens is 336 g/mol. The fourth-order valence-electron chi connectivity index (χ4n) is 2.69. The van der Waals surface area contributed by atoms with Crippen LogP contribution >= 0.6 is 15.9 Å². The van der Waals surface area contributed by atoms with Crippen molar-refractivity contribution < 1.29 is 14.7 Å². The van der Waals surface area contributed by atoms with E-state index in [4.69, 9.17) is 0 Å². The smallest absolute Gasteiger partial charge is 0.321 e. The van der Waals surface area contributed by atoms with Gasteiger partial charge in [0.25, 0.3) is 0 Å². The second-order valence-electron chi connectivity index (χ2n) is 5.40. The lowest BCUT2D eigenvalue weighted by Crippen LogP contribution is -2.50. The Morgan fingerprint density at radius 2 is 2.24 bits per heavy atom. The molecule has 0 bridgehead atoms. The van der Waals surface area contributed by atoms with Gasteiger partial charge in [0, 0.05) is 23.2 Å². The molecule has 1 aromatic carbocycles. The Morgan fingerprint density at radius 1 is 1.48 bits per heavy atom. The average Bonchev–Trinajstić information content (AvgIpc) is 2.47. The van der Waals surface area contributed by atoms with E-state index in [1.165, 1.54) is 0 Å². The minimum Gasteiger partial charge on any atom is -0.481 e. The Balaban J connectivity index is 2.07. The lowest BCUT2D eigenvalue weighted by molar-refractivity contribution is -0.152. The number of likely N-dealkylation sites (tertiary alicyclic amines) is 1. The third-order valence-corrected chi connectivity index (χ3v) is 4.56. The molecule has 1 unspecified atom stereocenters. The molecule has 0 spiro atoms. The number of carboxylic acid groups (broad SMARTS) is 1. The van der Waals surface area contributed by atoms with Crippen molar-refractivity contribution in [3.05, 3.63) is 28.7 Å². The van der Waals surface area contributed by atoms with E-state index in [2.05, 4.69) is 21.2 Å². The average molecular weight is 355 g/mol. The lowest BCUT2D eigenvalue weighted by Gasteiger charge is -2.39. The molecule has 1 aromatic rings. The van der Waals surface area contributed by atoms with Gasteiger partial charge in [0.15, 0.2) is 0 Å². The molecule has 2 rings (SSSR count). The van der Waals surface area contributed by atoms with E-state index in [0.717, 1.165) is 4.47 Å². The van der Waals surface area contributed by atoms with Crippen molar-refractivity contribution in [2.45, 2.75) is 26.2 Å². The van der Waals surface area contributed by atoms with Gasteiger partial charge in [0.1, 0.15) is 0 Å². The van der Waals surface area contributed by atoms with Crippen molar-refractivity contribution in [3.8, 4) is 0 Å². The normalized spacial score (nSPS) is 21.9. The highest BCUT2D eigenvalue weighted by atomic mass is 79.9. The topological polar surface area (TPSA) is 69.6 Å². The fourth-order valence-corrected chi connectivity index (χ4v) is 3.09. The number of aliphatic carboxylic acids is 1. The molecule has 0 aliphatic carbocycles. The molecule has 0 saturated carbocycles. The summed E-state index contributed by atoms with van der Waals surface area (Å²) in [5, 5.41) is 12.3. The van der Waals surface area contributed by atoms with E-state index >= 15 is 0 Å². The predicted molar refractivity (Wildman–Crippen MR) is 84.3 cm³/mol. The first-order valence-electron chi connectivity index (χ1n) is 7.02. The maximum Gasteiger partial charge on any atom is 0.321 e. The van der Waals surface area contributed by atoms with E-state index in [0.29, 0.717) is 31.5 Å². The number of urea groups is 1. The molecule has 1 fully saturated rings. The predicted octanol–water partition coefficient (Wildman–Crippen LogP) is 3.56. The van der Waals surface area contributed by atoms with Gasteiger partial charge < -0.3 is 15.3 Å². The zero-order valence-electron chi connectivity index (χ0n) is 11.9. The van der Waals surface area contributed by atoms with Gasteiger partial charge in [-0.3, -0.25) is 4.79 Å². The largest absolute Gasteiger partial charge is 0.481 e. The number of amides is 2. The zero-order chi connectivity index (χ0) is 15.5. The van der Waals surface area contributed by atoms with Gasteiger partial charge >= 0.3 is 12.0 Å². The van der Waals surface area contributed by atoms with Gasteiger partial charge in [0.05, 0.1) is 5.41 Å². The number of hydrogen-bond donors (Lipinski definition) is 2. The molecule has 0 radical (unpaired) electrons. The van der Waals surface area contributed by atoms with E-state index in [-0.39, 0.29) is 12.6 Å². The summed E-state index contributed by atoms with van der Waals surface area (Å²) in [6.45, 7) is 2.72. The molecule has 0 aromatic heterocycles. The molecule has 6 heteroatoms. The molecule has 2 amide bonds. The standard InChI is InChI=1S/C15H19BrN2O3/c1-2-15(13(19)20)7-4-8-18(10-15)14(21)17-12-6-3-5-11(16)9-12/h3,5-6,9H,2,4,7-8,10H2,1H3,(H,17,21)(H,19,20). The van der Waals surface area contributed by atoms with Crippen LogP contribution in [0.25, 0.3) is 0 Å². The number of carbonyl (C=O) groups is 2. The van der Waals surface area contributed by atoms with Crippen molar-refractivity contribution in [2.75, 3.05) is 18.4 Å². The molecule has 1 heterocycles. The van der Waals surface area contributed by atoms with E-state index in [9.17, 15) is 14.7 Å². The Morgan fingerprint density at radius 3 is 2.86 bits per heavy atom.